The van der Waals surface area contributed by atoms with E-state index in [4.69, 9.17) is 26.8 Å². The van der Waals surface area contributed by atoms with Gasteiger partial charge in [-0.05, 0) is 119 Å². The summed E-state index contributed by atoms with van der Waals surface area (Å²) in [5, 5.41) is 66.8. The smallest absolute Gasteiger partial charge is 0.336 e. The van der Waals surface area contributed by atoms with Crippen LogP contribution in [0, 0.1) is 24.7 Å². The third-order valence-corrected chi connectivity index (χ3v) is 20.1. The SMILES string of the molecule is CN=c1ccc2c(-c3ccc(NC(=O)CSC[C@H](NC(=O)[C@H](CCCCN)CC(=O)[C@H](CC(=O)O)NC(=O)[C@H](CCCCN)CC(=O)[C@H](CC(=O)O)NC(=O)[C@H](CCCCN)CC(=O)CCCCCNC(=O)CCC(=O)Cc4nnc(S(N)(=O)=O)s4)C(=O)O)cc3C(=O)O)c3ccc(C)cc3oc-2c1. The Labute approximate surface area is 608 Å². The van der Waals surface area contributed by atoms with E-state index in [0.717, 1.165) is 17.3 Å². The molecule has 2 aliphatic rings. The van der Waals surface area contributed by atoms with Crippen LogP contribution in [-0.2, 0) is 74.0 Å². The van der Waals surface area contributed by atoms with Crippen molar-refractivity contribution >= 4 is 126 Å². The summed E-state index contributed by atoms with van der Waals surface area (Å²) in [5.74, 6) is -16.2. The average Bonchev–Trinajstić information content (AvgIpc) is 0.898. The van der Waals surface area contributed by atoms with E-state index in [0.29, 0.717) is 95.1 Å². The lowest BCUT2D eigenvalue weighted by molar-refractivity contribution is -0.143. The van der Waals surface area contributed by atoms with Gasteiger partial charge in [0, 0.05) is 104 Å². The van der Waals surface area contributed by atoms with E-state index in [1.165, 1.54) is 12.1 Å². The minimum absolute atomic E-state index is 0.0315. The number of Topliss-reactive ketones (excluding diaryl/α,β-unsaturated/α-hetero) is 4. The summed E-state index contributed by atoms with van der Waals surface area (Å²) in [6, 6.07) is 10.0. The van der Waals surface area contributed by atoms with E-state index in [1.807, 2.05) is 25.1 Å². The molecule has 5 amide bonds. The number of amides is 5. The van der Waals surface area contributed by atoms with E-state index in [-0.39, 0.29) is 130 Å². The van der Waals surface area contributed by atoms with Crippen LogP contribution in [0.1, 0.15) is 149 Å². The van der Waals surface area contributed by atoms with Crippen molar-refractivity contribution in [1.82, 2.24) is 31.5 Å². The number of carbonyl (C=O) groups excluding carboxylic acids is 9. The number of rotatable bonds is 50. The maximum Gasteiger partial charge on any atom is 0.336 e. The highest BCUT2D eigenvalue weighted by molar-refractivity contribution is 8.00. The molecule has 1 aromatic heterocycles. The molecule has 0 spiro atoms. The molecule has 0 saturated heterocycles. The summed E-state index contributed by atoms with van der Waals surface area (Å²) < 4.78 is 28.7. The van der Waals surface area contributed by atoms with Crippen molar-refractivity contribution < 1.29 is 95.6 Å². The fourth-order valence-electron chi connectivity index (χ4n) is 11.4. The van der Waals surface area contributed by atoms with E-state index in [2.05, 4.69) is 41.8 Å². The Morgan fingerprint density at radius 1 is 0.606 bits per heavy atom. The number of carbonyl (C=O) groups is 13. The van der Waals surface area contributed by atoms with E-state index in [1.54, 1.807) is 31.3 Å². The van der Waals surface area contributed by atoms with Crippen LogP contribution in [0.25, 0.3) is 33.4 Å². The van der Waals surface area contributed by atoms with Crippen molar-refractivity contribution in [2.75, 3.05) is 50.0 Å². The number of thioether (sulfide) groups is 1. The molecule has 17 N–H and O–H groups in total. The Hall–Kier alpha value is -9.26. The van der Waals surface area contributed by atoms with Gasteiger partial charge in [0.15, 0.2) is 11.6 Å². The van der Waals surface area contributed by atoms with Gasteiger partial charge in [0.25, 0.3) is 10.0 Å². The summed E-state index contributed by atoms with van der Waals surface area (Å²) in [6.07, 6.45) is -0.818. The molecule has 5 rings (SSSR count). The number of unbranched alkanes of at least 4 members (excludes halogenated alkanes) is 5. The molecular formula is C69H92N12O20S3. The van der Waals surface area contributed by atoms with Crippen LogP contribution >= 0.6 is 23.1 Å². The zero-order chi connectivity index (χ0) is 76.6. The molecule has 6 atom stereocenters. The number of nitrogens with zero attached hydrogens (tertiary/aromatic N) is 3. The summed E-state index contributed by atoms with van der Waals surface area (Å²) in [6.45, 7) is 2.69. The number of aryl methyl sites for hydroxylation is 1. The summed E-state index contributed by atoms with van der Waals surface area (Å²) in [4.78, 5) is 176. The number of hydrogen-bond donors (Lipinski definition) is 13. The van der Waals surface area contributed by atoms with Crippen molar-refractivity contribution in [3.63, 3.8) is 0 Å². The predicted molar refractivity (Wildman–Crippen MR) is 384 cm³/mol. The number of benzene rings is 3. The number of hydrogen-bond acceptors (Lipinski definition) is 24. The number of nitrogens with one attached hydrogen (secondary N) is 5. The van der Waals surface area contributed by atoms with Gasteiger partial charge < -0.3 is 68.6 Å². The lowest BCUT2D eigenvalue weighted by Gasteiger charge is -2.25. The van der Waals surface area contributed by atoms with Gasteiger partial charge >= 0.3 is 23.9 Å². The second-order valence-electron chi connectivity index (χ2n) is 25.1. The molecule has 2 heterocycles. The van der Waals surface area contributed by atoms with Crippen LogP contribution < -0.4 is 54.3 Å². The van der Waals surface area contributed by atoms with Crippen LogP contribution in [0.2, 0.25) is 0 Å². The summed E-state index contributed by atoms with van der Waals surface area (Å²) >= 11 is 1.47. The number of anilines is 1. The number of aromatic nitrogens is 2. The molecule has 2 aromatic carbocycles. The van der Waals surface area contributed by atoms with Gasteiger partial charge in [-0.3, -0.25) is 57.7 Å². The molecule has 32 nitrogen and oxygen atoms in total. The second kappa shape index (κ2) is 43.1. The van der Waals surface area contributed by atoms with Crippen molar-refractivity contribution in [2.24, 2.45) is 45.1 Å². The minimum Gasteiger partial charge on any atom is -0.481 e. The molecule has 1 aliphatic carbocycles. The molecule has 566 valence electrons. The number of nitrogens with two attached hydrogens (primary N) is 4. The number of aromatic carboxylic acids is 1. The number of sulfonamides is 1. The molecule has 1 aliphatic heterocycles. The summed E-state index contributed by atoms with van der Waals surface area (Å²) in [5.41, 5.74) is 20.1. The van der Waals surface area contributed by atoms with Crippen LogP contribution in [0.4, 0.5) is 5.69 Å². The first-order chi connectivity index (χ1) is 49.4. The van der Waals surface area contributed by atoms with Gasteiger partial charge in [0.1, 0.15) is 34.0 Å². The van der Waals surface area contributed by atoms with E-state index >= 15 is 0 Å². The van der Waals surface area contributed by atoms with Crippen molar-refractivity contribution in [1.29, 1.82) is 0 Å². The molecular weight excluding hydrogens is 1410 g/mol. The second-order valence-corrected chi connectivity index (χ2v) is 29.0. The lowest BCUT2D eigenvalue weighted by atomic mass is 9.89. The third-order valence-electron chi connectivity index (χ3n) is 16.8. The largest absolute Gasteiger partial charge is 0.481 e. The highest BCUT2D eigenvalue weighted by atomic mass is 32.2. The normalized spacial score (nSPS) is 13.4. The number of primary sulfonamides is 1. The molecule has 0 fully saturated rings. The maximum atomic E-state index is 14.3. The number of carboxylic acids is 4. The van der Waals surface area contributed by atoms with Gasteiger partial charge in [0.2, 0.25) is 33.9 Å². The summed E-state index contributed by atoms with van der Waals surface area (Å²) in [7, 11) is -2.45. The van der Waals surface area contributed by atoms with Gasteiger partial charge in [-0.25, -0.2) is 23.1 Å². The van der Waals surface area contributed by atoms with Crippen LogP contribution in [-0.4, -0.2) is 178 Å². The highest BCUT2D eigenvalue weighted by Gasteiger charge is 2.36. The monoisotopic (exact) mass is 1500 g/mol. The molecule has 0 bridgehead atoms. The zero-order valence-electron chi connectivity index (χ0n) is 57.9. The standard InChI is InChI=1S/C69H92N12O20S3/c1-39-16-20-48-56(28-39)101-57-33-43(74-2)17-22-49(57)63(48)47-21-18-44(32-50(47)67(95)96)76-59(87)38-102-37-53(68(97)98)79-66(94)42(14-7-10-26-72)31-55(85)52(36-62(90)91)78-65(93)41(13-6-9-25-71)30-54(84)51(35-61(88)89)77-64(92)40(12-5-8-24-70)29-45(82)15-4-3-11-27-75-58(86)23-19-46(83)34-60-80-81-69(103-60)104(73,99)100/h16-18,20-22,28,32-33,40-42,51-53H,3-15,19,23-27,29-31,34-38,70-72H2,1-2H3,(H,75,86)(H,76,87)(H,77,92)(H,78,93)(H,79,94)(H,88,89)(H,90,91)(H,95,96)(H,97,98)(H2,73,99,100)/t40-,41-,42-,51+,52+,53+/m1/s1. The predicted octanol–water partition coefficient (Wildman–Crippen LogP) is 3.78. The van der Waals surface area contributed by atoms with Crippen molar-refractivity contribution in [3.8, 4) is 22.5 Å². The van der Waals surface area contributed by atoms with E-state index in [9.17, 15) is 91.2 Å². The van der Waals surface area contributed by atoms with Gasteiger partial charge in [-0.2, -0.15) is 0 Å². The quantitative estimate of drug-likeness (QED) is 0.0195. The van der Waals surface area contributed by atoms with Crippen molar-refractivity contribution in [2.45, 2.75) is 164 Å². The molecule has 0 saturated carbocycles. The van der Waals surface area contributed by atoms with Gasteiger partial charge in [0.05, 0.1) is 48.0 Å². The number of carboxylic acid groups (broad SMARTS) is 4. The van der Waals surface area contributed by atoms with Gasteiger partial charge in [-0.15, -0.1) is 22.0 Å². The van der Waals surface area contributed by atoms with E-state index < -0.39 is 141 Å². The minimum atomic E-state index is -4.08. The molecule has 0 unspecified atom stereocenters. The first-order valence-electron chi connectivity index (χ1n) is 34.0. The molecule has 104 heavy (non-hydrogen) atoms. The number of aliphatic carboxylic acids is 3. The Kier molecular flexibility index (Phi) is 35.4. The Balaban J connectivity index is 1.19. The zero-order valence-corrected chi connectivity index (χ0v) is 60.4. The van der Waals surface area contributed by atoms with Crippen LogP contribution in [0.15, 0.2) is 68.3 Å². The first kappa shape index (κ1) is 85.4. The Morgan fingerprint density at radius 2 is 1.17 bits per heavy atom. The Bertz CT molecular complexity index is 4050. The molecule has 0 radical (unpaired) electrons. The molecule has 35 heteroatoms. The highest BCUT2D eigenvalue weighted by Crippen LogP contribution is 2.42. The third kappa shape index (κ3) is 28.4. The van der Waals surface area contributed by atoms with Crippen LogP contribution in [0.5, 0.6) is 0 Å². The van der Waals surface area contributed by atoms with Crippen LogP contribution in [0.3, 0.4) is 0 Å². The topological polar surface area (TPSA) is 552 Å². The molecule has 3 aromatic rings. The fourth-order valence-corrected chi connectivity index (χ4v) is 13.7. The Morgan fingerprint density at radius 3 is 1.70 bits per heavy atom. The average molecular weight is 1510 g/mol. The number of ketones is 4. The lowest BCUT2D eigenvalue weighted by Crippen LogP contribution is -2.49. The first-order valence-corrected chi connectivity index (χ1v) is 37.5. The van der Waals surface area contributed by atoms with Crippen molar-refractivity contribution in [3.05, 3.63) is 76.1 Å². The number of fused-ring (bicyclic) bond motifs is 2. The maximum absolute atomic E-state index is 14.3. The van der Waals surface area contributed by atoms with Gasteiger partial charge in [-0.1, -0.05) is 55.2 Å². The fraction of sp³-hybridized carbons (Fsp3) is 0.507.